The Labute approximate surface area is 198 Å². The zero-order valence-electron chi connectivity index (χ0n) is 19.8. The van der Waals surface area contributed by atoms with E-state index in [-0.39, 0.29) is 23.3 Å². The Kier molecular flexibility index (Phi) is 7.66. The fraction of sp³-hybridized carbons (Fsp3) is 0.583. The van der Waals surface area contributed by atoms with Crippen LogP contribution in [-0.2, 0) is 20.9 Å². The van der Waals surface area contributed by atoms with Crippen LogP contribution in [0, 0.1) is 5.92 Å². The summed E-state index contributed by atoms with van der Waals surface area (Å²) in [4.78, 5) is 46.6. The van der Waals surface area contributed by atoms with Crippen LogP contribution in [0.5, 0.6) is 11.5 Å². The maximum absolute atomic E-state index is 12.9. The van der Waals surface area contributed by atoms with Gasteiger partial charge >= 0.3 is 0 Å². The van der Waals surface area contributed by atoms with E-state index >= 15 is 0 Å². The summed E-state index contributed by atoms with van der Waals surface area (Å²) in [6.07, 6.45) is 3.96. The molecule has 2 fully saturated rings. The van der Waals surface area contributed by atoms with Crippen molar-refractivity contribution >= 4 is 22.7 Å². The fourth-order valence-electron chi connectivity index (χ4n) is 4.65. The van der Waals surface area contributed by atoms with Crippen molar-refractivity contribution in [3.8, 4) is 11.5 Å². The first-order chi connectivity index (χ1) is 16.5. The number of carbonyl (C=O) groups excluding carboxylic acids is 2. The lowest BCUT2D eigenvalue weighted by molar-refractivity contribution is -0.144. The summed E-state index contributed by atoms with van der Waals surface area (Å²) in [6.45, 7) is 3.91. The number of nitrogens with zero attached hydrogens (tertiary/aromatic N) is 4. The second-order valence-electron chi connectivity index (χ2n) is 8.69. The van der Waals surface area contributed by atoms with E-state index in [2.05, 4.69) is 4.98 Å². The van der Waals surface area contributed by atoms with E-state index in [0.717, 1.165) is 12.8 Å². The molecule has 2 amide bonds. The Balaban J connectivity index is 1.34. The number of benzene rings is 1. The molecule has 3 heterocycles. The van der Waals surface area contributed by atoms with Crippen molar-refractivity contribution in [2.45, 2.75) is 32.2 Å². The SMILES string of the molecule is COc1cc2ncn(CCCC(=O)N3CCCC(C(=O)N4CCOCC4)C3)c(=O)c2cc1OC. The zero-order chi connectivity index (χ0) is 24.1. The number of aryl methyl sites for hydroxylation is 1. The average Bonchev–Trinajstić information content (AvgIpc) is 2.89. The van der Waals surface area contributed by atoms with Gasteiger partial charge in [-0.1, -0.05) is 0 Å². The minimum absolute atomic E-state index is 0.0210. The number of rotatable bonds is 7. The predicted octanol–water partition coefficient (Wildman–Crippen LogP) is 1.29. The standard InChI is InChI=1S/C24H32N4O6/c1-32-20-13-18-19(14-21(20)33-2)25-16-28(24(18)31)8-4-6-22(29)27-7-3-5-17(15-27)23(30)26-9-11-34-12-10-26/h13-14,16-17H,3-12,15H2,1-2H3. The molecule has 0 aliphatic carbocycles. The predicted molar refractivity (Wildman–Crippen MR) is 125 cm³/mol. The summed E-state index contributed by atoms with van der Waals surface area (Å²) in [5, 5.41) is 0.437. The van der Waals surface area contributed by atoms with Gasteiger partial charge in [0.15, 0.2) is 11.5 Å². The summed E-state index contributed by atoms with van der Waals surface area (Å²) in [5.74, 6) is 0.981. The molecule has 10 heteroatoms. The van der Waals surface area contributed by atoms with Crippen LogP contribution >= 0.6 is 0 Å². The highest BCUT2D eigenvalue weighted by Gasteiger charge is 2.31. The second kappa shape index (κ2) is 10.9. The lowest BCUT2D eigenvalue weighted by Crippen LogP contribution is -2.49. The van der Waals surface area contributed by atoms with Crippen LogP contribution in [-0.4, -0.2) is 84.8 Å². The molecule has 184 valence electrons. The molecule has 2 aliphatic rings. The first kappa shape index (κ1) is 24.0. The zero-order valence-corrected chi connectivity index (χ0v) is 19.8. The quantitative estimate of drug-likeness (QED) is 0.598. The van der Waals surface area contributed by atoms with Gasteiger partial charge in [-0.25, -0.2) is 4.98 Å². The molecule has 1 atom stereocenters. The van der Waals surface area contributed by atoms with E-state index in [4.69, 9.17) is 14.2 Å². The van der Waals surface area contributed by atoms with Crippen LogP contribution < -0.4 is 15.0 Å². The number of ether oxygens (including phenoxy) is 3. The molecule has 2 aromatic rings. The summed E-state index contributed by atoms with van der Waals surface area (Å²) in [6, 6.07) is 3.30. The molecule has 1 aromatic heterocycles. The Morgan fingerprint density at radius 1 is 1.09 bits per heavy atom. The minimum atomic E-state index is -0.187. The monoisotopic (exact) mass is 472 g/mol. The van der Waals surface area contributed by atoms with Crippen molar-refractivity contribution in [1.82, 2.24) is 19.4 Å². The highest BCUT2D eigenvalue weighted by Crippen LogP contribution is 2.29. The van der Waals surface area contributed by atoms with E-state index in [1.807, 2.05) is 4.90 Å². The molecule has 0 radical (unpaired) electrons. The van der Waals surface area contributed by atoms with E-state index < -0.39 is 0 Å². The van der Waals surface area contributed by atoms with Crippen molar-refractivity contribution in [1.29, 1.82) is 0 Å². The normalized spacial score (nSPS) is 18.7. The fourth-order valence-corrected chi connectivity index (χ4v) is 4.65. The first-order valence-electron chi connectivity index (χ1n) is 11.8. The molecule has 1 unspecified atom stereocenters. The van der Waals surface area contributed by atoms with Crippen LogP contribution in [0.3, 0.4) is 0 Å². The van der Waals surface area contributed by atoms with Crippen LogP contribution in [0.25, 0.3) is 10.9 Å². The van der Waals surface area contributed by atoms with Crippen molar-refractivity contribution in [2.75, 3.05) is 53.6 Å². The lowest BCUT2D eigenvalue weighted by atomic mass is 9.96. The number of fused-ring (bicyclic) bond motifs is 1. The van der Waals surface area contributed by atoms with E-state index in [9.17, 15) is 14.4 Å². The number of methoxy groups -OCH3 is 2. The van der Waals surface area contributed by atoms with E-state index in [0.29, 0.717) is 81.2 Å². The van der Waals surface area contributed by atoms with Crippen molar-refractivity contribution in [2.24, 2.45) is 5.92 Å². The average molecular weight is 473 g/mol. The van der Waals surface area contributed by atoms with Gasteiger partial charge < -0.3 is 24.0 Å². The molecule has 2 saturated heterocycles. The maximum atomic E-state index is 12.9. The first-order valence-corrected chi connectivity index (χ1v) is 11.8. The van der Waals surface area contributed by atoms with Gasteiger partial charge in [0, 0.05) is 45.2 Å². The third kappa shape index (κ3) is 5.16. The molecule has 0 spiro atoms. The summed E-state index contributed by atoms with van der Waals surface area (Å²) in [7, 11) is 3.05. The number of likely N-dealkylation sites (tertiary alicyclic amines) is 1. The molecule has 4 rings (SSSR count). The number of morpholine rings is 1. The molecule has 0 N–H and O–H groups in total. The van der Waals surface area contributed by atoms with Gasteiger partial charge in [0.05, 0.1) is 50.6 Å². The molecule has 2 aliphatic heterocycles. The van der Waals surface area contributed by atoms with Gasteiger partial charge in [0.25, 0.3) is 5.56 Å². The number of hydrogen-bond acceptors (Lipinski definition) is 7. The number of piperidine rings is 1. The highest BCUT2D eigenvalue weighted by atomic mass is 16.5. The van der Waals surface area contributed by atoms with Crippen LogP contribution in [0.2, 0.25) is 0 Å². The number of amides is 2. The van der Waals surface area contributed by atoms with Gasteiger partial charge in [0.2, 0.25) is 11.8 Å². The third-order valence-electron chi connectivity index (χ3n) is 6.57. The molecular formula is C24H32N4O6. The summed E-state index contributed by atoms with van der Waals surface area (Å²) < 4.78 is 17.4. The number of aromatic nitrogens is 2. The number of hydrogen-bond donors (Lipinski definition) is 0. The minimum Gasteiger partial charge on any atom is -0.493 e. The maximum Gasteiger partial charge on any atom is 0.261 e. The second-order valence-corrected chi connectivity index (χ2v) is 8.69. The molecular weight excluding hydrogens is 440 g/mol. The topological polar surface area (TPSA) is 103 Å². The van der Waals surface area contributed by atoms with Gasteiger partial charge in [-0.05, 0) is 25.3 Å². The van der Waals surface area contributed by atoms with E-state index in [1.165, 1.54) is 25.1 Å². The summed E-state index contributed by atoms with van der Waals surface area (Å²) in [5.41, 5.74) is 0.340. The Morgan fingerprint density at radius 3 is 2.56 bits per heavy atom. The Bertz CT molecular complexity index is 1090. The van der Waals surface area contributed by atoms with Crippen molar-refractivity contribution in [3.05, 3.63) is 28.8 Å². The molecule has 0 saturated carbocycles. The largest absolute Gasteiger partial charge is 0.493 e. The third-order valence-corrected chi connectivity index (χ3v) is 6.57. The Hall–Kier alpha value is -3.14. The molecule has 1 aromatic carbocycles. The van der Waals surface area contributed by atoms with E-state index in [1.54, 1.807) is 17.0 Å². The van der Waals surface area contributed by atoms with Crippen LogP contribution in [0.4, 0.5) is 0 Å². The van der Waals surface area contributed by atoms with Gasteiger partial charge in [0.1, 0.15) is 0 Å². The molecule has 34 heavy (non-hydrogen) atoms. The van der Waals surface area contributed by atoms with Crippen molar-refractivity contribution < 1.29 is 23.8 Å². The Morgan fingerprint density at radius 2 is 1.82 bits per heavy atom. The van der Waals surface area contributed by atoms with Crippen molar-refractivity contribution in [3.63, 3.8) is 0 Å². The lowest BCUT2D eigenvalue weighted by Gasteiger charge is -2.36. The van der Waals surface area contributed by atoms with Gasteiger partial charge in [-0.3, -0.25) is 19.0 Å². The smallest absolute Gasteiger partial charge is 0.261 e. The van der Waals surface area contributed by atoms with Gasteiger partial charge in [-0.2, -0.15) is 0 Å². The molecule has 0 bridgehead atoms. The number of carbonyl (C=O) groups is 2. The molecule has 10 nitrogen and oxygen atoms in total. The summed E-state index contributed by atoms with van der Waals surface area (Å²) >= 11 is 0. The van der Waals surface area contributed by atoms with Crippen LogP contribution in [0.15, 0.2) is 23.3 Å². The highest BCUT2D eigenvalue weighted by molar-refractivity contribution is 5.82. The van der Waals surface area contributed by atoms with Gasteiger partial charge in [-0.15, -0.1) is 0 Å². The van der Waals surface area contributed by atoms with Crippen LogP contribution in [0.1, 0.15) is 25.7 Å².